The van der Waals surface area contributed by atoms with Crippen LogP contribution >= 0.6 is 11.8 Å². The van der Waals surface area contributed by atoms with Crippen molar-refractivity contribution < 1.29 is 0 Å². The molecule has 1 fully saturated rings. The summed E-state index contributed by atoms with van der Waals surface area (Å²) in [5, 5.41) is 3.41. The highest BCUT2D eigenvalue weighted by Crippen LogP contribution is 2.52. The molecular formula is C14H21NS. The molecule has 0 radical (unpaired) electrons. The van der Waals surface area contributed by atoms with E-state index in [1.807, 2.05) is 11.8 Å². The van der Waals surface area contributed by atoms with E-state index in [1.54, 1.807) is 0 Å². The molecule has 0 bridgehead atoms. The van der Waals surface area contributed by atoms with Crippen molar-refractivity contribution >= 4 is 11.8 Å². The van der Waals surface area contributed by atoms with E-state index in [1.165, 1.54) is 29.9 Å². The molecule has 2 rings (SSSR count). The lowest BCUT2D eigenvalue weighted by Gasteiger charge is -2.22. The Morgan fingerprint density at radius 1 is 1.31 bits per heavy atom. The van der Waals surface area contributed by atoms with E-state index < -0.39 is 0 Å². The lowest BCUT2D eigenvalue weighted by molar-refractivity contribution is 0.363. The van der Waals surface area contributed by atoms with Gasteiger partial charge in [0.25, 0.3) is 0 Å². The molecule has 0 amide bonds. The van der Waals surface area contributed by atoms with Gasteiger partial charge in [-0.05, 0) is 56.5 Å². The van der Waals surface area contributed by atoms with Gasteiger partial charge < -0.3 is 5.32 Å². The van der Waals surface area contributed by atoms with Crippen molar-refractivity contribution in [1.82, 2.24) is 5.32 Å². The number of rotatable bonds is 6. The Morgan fingerprint density at radius 2 is 2.00 bits per heavy atom. The van der Waals surface area contributed by atoms with E-state index in [4.69, 9.17) is 0 Å². The van der Waals surface area contributed by atoms with Gasteiger partial charge >= 0.3 is 0 Å². The SMILES string of the molecule is CNC(C)C1(CCSc2ccccc2)CC1. The van der Waals surface area contributed by atoms with Crippen molar-refractivity contribution in [3.05, 3.63) is 30.3 Å². The first-order chi connectivity index (χ1) is 7.77. The fourth-order valence-corrected chi connectivity index (χ4v) is 3.35. The molecule has 1 saturated carbocycles. The number of hydrogen-bond donors (Lipinski definition) is 1. The molecule has 1 aromatic rings. The summed E-state index contributed by atoms with van der Waals surface area (Å²) in [6.45, 7) is 2.32. The van der Waals surface area contributed by atoms with Gasteiger partial charge in [0.15, 0.2) is 0 Å². The Hall–Kier alpha value is -0.470. The number of nitrogens with one attached hydrogen (secondary N) is 1. The van der Waals surface area contributed by atoms with Crippen LogP contribution in [-0.4, -0.2) is 18.8 Å². The minimum atomic E-state index is 0.608. The topological polar surface area (TPSA) is 12.0 Å². The summed E-state index contributed by atoms with van der Waals surface area (Å²) < 4.78 is 0. The van der Waals surface area contributed by atoms with E-state index in [9.17, 15) is 0 Å². The van der Waals surface area contributed by atoms with Gasteiger partial charge in [0, 0.05) is 10.9 Å². The summed E-state index contributed by atoms with van der Waals surface area (Å²) in [5.74, 6) is 1.25. The average Bonchev–Trinajstić information content (AvgIpc) is 3.11. The molecule has 1 unspecified atom stereocenters. The largest absolute Gasteiger partial charge is 0.317 e. The molecule has 0 spiro atoms. The quantitative estimate of drug-likeness (QED) is 0.757. The third kappa shape index (κ3) is 2.80. The molecule has 1 atom stereocenters. The van der Waals surface area contributed by atoms with Crippen LogP contribution in [-0.2, 0) is 0 Å². The van der Waals surface area contributed by atoms with Gasteiger partial charge in [-0.1, -0.05) is 18.2 Å². The summed E-state index contributed by atoms with van der Waals surface area (Å²) >= 11 is 1.99. The van der Waals surface area contributed by atoms with E-state index in [-0.39, 0.29) is 0 Å². The van der Waals surface area contributed by atoms with Crippen molar-refractivity contribution in [3.8, 4) is 0 Å². The highest BCUT2D eigenvalue weighted by Gasteiger charge is 2.45. The second-order valence-corrected chi connectivity index (χ2v) is 5.95. The minimum absolute atomic E-state index is 0.608. The van der Waals surface area contributed by atoms with Crippen LogP contribution in [0.25, 0.3) is 0 Å². The highest BCUT2D eigenvalue weighted by atomic mass is 32.2. The predicted octanol–water partition coefficient (Wildman–Crippen LogP) is 3.56. The van der Waals surface area contributed by atoms with Crippen LogP contribution in [0.15, 0.2) is 35.2 Å². The van der Waals surface area contributed by atoms with Crippen LogP contribution in [0.3, 0.4) is 0 Å². The van der Waals surface area contributed by atoms with Crippen LogP contribution in [0.1, 0.15) is 26.2 Å². The molecule has 88 valence electrons. The highest BCUT2D eigenvalue weighted by molar-refractivity contribution is 7.99. The fourth-order valence-electron chi connectivity index (χ4n) is 2.26. The van der Waals surface area contributed by atoms with Gasteiger partial charge in [0.1, 0.15) is 0 Å². The molecule has 2 heteroatoms. The number of thioether (sulfide) groups is 1. The summed E-state index contributed by atoms with van der Waals surface area (Å²) in [7, 11) is 2.08. The molecular weight excluding hydrogens is 214 g/mol. The Morgan fingerprint density at radius 3 is 2.56 bits per heavy atom. The van der Waals surface area contributed by atoms with Crippen LogP contribution in [0.2, 0.25) is 0 Å². The zero-order chi connectivity index (χ0) is 11.4. The van der Waals surface area contributed by atoms with Crippen molar-refractivity contribution in [2.75, 3.05) is 12.8 Å². The molecule has 0 aliphatic heterocycles. The lowest BCUT2D eigenvalue weighted by Crippen LogP contribution is -2.32. The molecule has 1 aliphatic rings. The first kappa shape index (κ1) is 12.0. The second kappa shape index (κ2) is 5.24. The van der Waals surface area contributed by atoms with Gasteiger partial charge in [-0.2, -0.15) is 0 Å². The molecule has 1 aromatic carbocycles. The Balaban J connectivity index is 1.76. The van der Waals surface area contributed by atoms with Crippen LogP contribution in [0.5, 0.6) is 0 Å². The monoisotopic (exact) mass is 235 g/mol. The molecule has 1 N–H and O–H groups in total. The molecule has 0 saturated heterocycles. The summed E-state index contributed by atoms with van der Waals surface area (Å²) in [6, 6.07) is 11.4. The van der Waals surface area contributed by atoms with Crippen molar-refractivity contribution in [2.24, 2.45) is 5.41 Å². The van der Waals surface area contributed by atoms with Gasteiger partial charge in [0.2, 0.25) is 0 Å². The maximum atomic E-state index is 3.41. The zero-order valence-corrected chi connectivity index (χ0v) is 11.0. The smallest absolute Gasteiger partial charge is 0.00924 e. The van der Waals surface area contributed by atoms with Crippen molar-refractivity contribution in [2.45, 2.75) is 37.1 Å². The average molecular weight is 235 g/mol. The zero-order valence-electron chi connectivity index (χ0n) is 10.2. The maximum absolute atomic E-state index is 3.41. The van der Waals surface area contributed by atoms with Gasteiger partial charge in [-0.15, -0.1) is 11.8 Å². The van der Waals surface area contributed by atoms with Crippen LogP contribution in [0, 0.1) is 5.41 Å². The van der Waals surface area contributed by atoms with E-state index in [0.29, 0.717) is 11.5 Å². The van der Waals surface area contributed by atoms with Gasteiger partial charge in [0.05, 0.1) is 0 Å². The Labute approximate surface area is 103 Å². The van der Waals surface area contributed by atoms with Gasteiger partial charge in [-0.3, -0.25) is 0 Å². The summed E-state index contributed by atoms with van der Waals surface area (Å²) in [5.41, 5.74) is 0.608. The third-order valence-electron chi connectivity index (χ3n) is 3.86. The van der Waals surface area contributed by atoms with Gasteiger partial charge in [-0.25, -0.2) is 0 Å². The van der Waals surface area contributed by atoms with Crippen molar-refractivity contribution in [1.29, 1.82) is 0 Å². The molecule has 1 aliphatic carbocycles. The standard InChI is InChI=1S/C14H21NS/c1-12(15-2)14(8-9-14)10-11-16-13-6-4-3-5-7-13/h3-7,12,15H,8-11H2,1-2H3. The lowest BCUT2D eigenvalue weighted by atomic mass is 9.95. The second-order valence-electron chi connectivity index (χ2n) is 4.78. The molecule has 0 aromatic heterocycles. The maximum Gasteiger partial charge on any atom is 0.00924 e. The predicted molar refractivity (Wildman–Crippen MR) is 72.0 cm³/mol. The molecule has 16 heavy (non-hydrogen) atoms. The Kier molecular flexibility index (Phi) is 3.93. The first-order valence-corrected chi connectivity index (χ1v) is 7.10. The van der Waals surface area contributed by atoms with E-state index in [2.05, 4.69) is 49.6 Å². The Bertz CT molecular complexity index is 319. The summed E-state index contributed by atoms with van der Waals surface area (Å²) in [6.07, 6.45) is 4.16. The van der Waals surface area contributed by atoms with Crippen LogP contribution < -0.4 is 5.32 Å². The van der Waals surface area contributed by atoms with Crippen LogP contribution in [0.4, 0.5) is 0 Å². The summed E-state index contributed by atoms with van der Waals surface area (Å²) in [4.78, 5) is 1.40. The minimum Gasteiger partial charge on any atom is -0.317 e. The number of benzene rings is 1. The molecule has 1 nitrogen and oxygen atoms in total. The first-order valence-electron chi connectivity index (χ1n) is 6.12. The van der Waals surface area contributed by atoms with E-state index >= 15 is 0 Å². The van der Waals surface area contributed by atoms with E-state index in [0.717, 1.165) is 0 Å². The fraction of sp³-hybridized carbons (Fsp3) is 0.571. The molecule has 0 heterocycles. The number of hydrogen-bond acceptors (Lipinski definition) is 2. The normalized spacial score (nSPS) is 19.4. The third-order valence-corrected chi connectivity index (χ3v) is 4.87. The van der Waals surface area contributed by atoms with Crippen molar-refractivity contribution in [3.63, 3.8) is 0 Å².